The summed E-state index contributed by atoms with van der Waals surface area (Å²) in [7, 11) is 0. The molecule has 2 atom stereocenters. The highest BCUT2D eigenvalue weighted by Crippen LogP contribution is 2.37. The van der Waals surface area contributed by atoms with E-state index < -0.39 is 23.0 Å². The highest BCUT2D eigenvalue weighted by atomic mass is 79.9. The van der Waals surface area contributed by atoms with E-state index in [0.29, 0.717) is 21.0 Å². The van der Waals surface area contributed by atoms with E-state index in [1.165, 1.54) is 36.0 Å². The predicted molar refractivity (Wildman–Crippen MR) is 106 cm³/mol. The van der Waals surface area contributed by atoms with Crippen molar-refractivity contribution in [3.63, 3.8) is 0 Å². The number of benzene rings is 2. The number of carbonyl (C=O) groups excluding carboxylic acids is 1. The number of nitrogens with one attached hydrogen (secondary N) is 2. The van der Waals surface area contributed by atoms with Gasteiger partial charge in [-0.3, -0.25) is 4.79 Å². The van der Waals surface area contributed by atoms with Gasteiger partial charge in [0.1, 0.15) is 22.7 Å². The number of rotatable bonds is 3. The number of carbonyl (C=O) groups is 1. The molecule has 0 unspecified atom stereocenters. The highest BCUT2D eigenvalue weighted by Gasteiger charge is 2.37. The van der Waals surface area contributed by atoms with Crippen LogP contribution in [0.15, 0.2) is 52.1 Å². The van der Waals surface area contributed by atoms with Crippen molar-refractivity contribution in [3.05, 3.63) is 70.0 Å². The molecular formula is C18H14BrF2N5OS. The van der Waals surface area contributed by atoms with Crippen LogP contribution in [0.5, 0.6) is 0 Å². The molecule has 0 saturated carbocycles. The monoisotopic (exact) mass is 465 g/mol. The summed E-state index contributed by atoms with van der Waals surface area (Å²) in [4.78, 5) is 13.0. The summed E-state index contributed by atoms with van der Waals surface area (Å²) in [6.45, 7) is 1.78. The van der Waals surface area contributed by atoms with E-state index >= 15 is 0 Å². The second kappa shape index (κ2) is 7.51. The van der Waals surface area contributed by atoms with E-state index in [0.717, 1.165) is 0 Å². The molecule has 6 nitrogen and oxygen atoms in total. The molecule has 0 bridgehead atoms. The van der Waals surface area contributed by atoms with Crippen LogP contribution < -0.4 is 10.7 Å². The van der Waals surface area contributed by atoms with Crippen molar-refractivity contribution < 1.29 is 13.6 Å². The number of anilines is 1. The number of amides is 1. The van der Waals surface area contributed by atoms with Gasteiger partial charge in [-0.2, -0.15) is 0 Å². The minimum atomic E-state index is -0.676. The van der Waals surface area contributed by atoms with Crippen molar-refractivity contribution in [1.82, 2.24) is 14.9 Å². The smallest absolute Gasteiger partial charge is 0.240 e. The number of fused-ring (bicyclic) bond motifs is 1. The second-order valence-corrected chi connectivity index (χ2v) is 8.20. The number of hydrogen-bond donors (Lipinski definition) is 2. The molecule has 2 heterocycles. The molecule has 2 aromatic carbocycles. The first-order valence-electron chi connectivity index (χ1n) is 8.29. The van der Waals surface area contributed by atoms with Crippen LogP contribution in [0.2, 0.25) is 0 Å². The third kappa shape index (κ3) is 3.61. The fourth-order valence-corrected chi connectivity index (χ4v) is 4.33. The second-order valence-electron chi connectivity index (χ2n) is 6.18. The molecule has 1 aromatic heterocycles. The molecular weight excluding hydrogens is 452 g/mol. The zero-order valence-electron chi connectivity index (χ0n) is 14.5. The maximum Gasteiger partial charge on any atom is 0.240 e. The van der Waals surface area contributed by atoms with Gasteiger partial charge in [0.15, 0.2) is 0 Å². The lowest BCUT2D eigenvalue weighted by molar-refractivity contribution is -0.116. The minimum absolute atomic E-state index is 0.0786. The van der Waals surface area contributed by atoms with E-state index in [4.69, 9.17) is 0 Å². The van der Waals surface area contributed by atoms with Crippen LogP contribution in [-0.2, 0) is 4.79 Å². The van der Waals surface area contributed by atoms with Gasteiger partial charge in [0.2, 0.25) is 11.1 Å². The van der Waals surface area contributed by atoms with Crippen molar-refractivity contribution >= 4 is 39.3 Å². The summed E-state index contributed by atoms with van der Waals surface area (Å²) in [5.74, 6) is -0.687. The number of nitrogens with zero attached hydrogens (tertiary/aromatic N) is 3. The quantitative estimate of drug-likeness (QED) is 0.610. The van der Waals surface area contributed by atoms with E-state index in [2.05, 4.69) is 36.9 Å². The molecule has 1 aliphatic rings. The average Bonchev–Trinajstić information content (AvgIpc) is 3.04. The fraction of sp³-hybridized carbons (Fsp3) is 0.167. The van der Waals surface area contributed by atoms with Gasteiger partial charge in [-0.1, -0.05) is 39.8 Å². The third-order valence-corrected chi connectivity index (χ3v) is 5.98. The van der Waals surface area contributed by atoms with Gasteiger partial charge >= 0.3 is 0 Å². The third-order valence-electron chi connectivity index (χ3n) is 4.28. The molecule has 10 heteroatoms. The van der Waals surface area contributed by atoms with Crippen LogP contribution in [-0.4, -0.2) is 26.0 Å². The number of aryl methyl sites for hydroxylation is 1. The Bertz CT molecular complexity index is 1040. The Morgan fingerprint density at radius 2 is 1.96 bits per heavy atom. The first-order valence-corrected chi connectivity index (χ1v) is 9.96. The van der Waals surface area contributed by atoms with Crippen LogP contribution in [0, 0.1) is 18.6 Å². The van der Waals surface area contributed by atoms with Crippen LogP contribution in [0.4, 0.5) is 14.5 Å². The lowest BCUT2D eigenvalue weighted by Crippen LogP contribution is -2.41. The molecule has 1 amide bonds. The van der Waals surface area contributed by atoms with E-state index in [-0.39, 0.29) is 11.5 Å². The van der Waals surface area contributed by atoms with Crippen molar-refractivity contribution in [2.75, 3.05) is 10.7 Å². The lowest BCUT2D eigenvalue weighted by Gasteiger charge is -2.32. The normalized spacial score (nSPS) is 18.3. The van der Waals surface area contributed by atoms with Gasteiger partial charge in [-0.15, -0.1) is 10.2 Å². The number of thioether (sulfide) groups is 1. The minimum Gasteiger partial charge on any atom is -0.323 e. The van der Waals surface area contributed by atoms with Crippen LogP contribution in [0.25, 0.3) is 0 Å². The molecule has 3 aromatic rings. The van der Waals surface area contributed by atoms with E-state index in [1.807, 2.05) is 0 Å². The van der Waals surface area contributed by atoms with Gasteiger partial charge in [0.25, 0.3) is 0 Å². The van der Waals surface area contributed by atoms with Crippen LogP contribution >= 0.6 is 27.7 Å². The fourth-order valence-electron chi connectivity index (χ4n) is 2.88. The predicted octanol–water partition coefficient (Wildman–Crippen LogP) is 4.03. The number of aromatic nitrogens is 3. The number of hydrogen-bond acceptors (Lipinski definition) is 5. The Morgan fingerprint density at radius 1 is 1.21 bits per heavy atom. The molecule has 0 fully saturated rings. The standard InChI is InChI=1S/C18H14BrF2N5OS/c1-9-23-24-18-26(9)25-15(10-2-5-12(20)6-3-10)16(28-18)17(27)22-14-7-4-11(19)8-13(14)21/h2-8,15-16,25H,1H3,(H,22,27)/t15-,16-/m0/s1. The Morgan fingerprint density at radius 3 is 2.68 bits per heavy atom. The summed E-state index contributed by atoms with van der Waals surface area (Å²) in [5, 5.41) is 10.5. The van der Waals surface area contributed by atoms with Crippen molar-refractivity contribution in [1.29, 1.82) is 0 Å². The van der Waals surface area contributed by atoms with Crippen molar-refractivity contribution in [2.45, 2.75) is 23.4 Å². The molecule has 28 heavy (non-hydrogen) atoms. The molecule has 1 aliphatic heterocycles. The molecule has 144 valence electrons. The SMILES string of the molecule is Cc1nnc2n1N[C@@H](c1ccc(F)cc1)[C@@H](C(=O)Nc1ccc(Br)cc1F)S2. The molecule has 4 rings (SSSR count). The summed E-state index contributed by atoms with van der Waals surface area (Å²) in [5.41, 5.74) is 4.00. The zero-order chi connectivity index (χ0) is 19.8. The molecule has 2 N–H and O–H groups in total. The number of halogens is 3. The first kappa shape index (κ1) is 18.9. The van der Waals surface area contributed by atoms with Crippen LogP contribution in [0.3, 0.4) is 0 Å². The lowest BCUT2D eigenvalue weighted by atomic mass is 10.0. The van der Waals surface area contributed by atoms with Gasteiger partial charge in [0, 0.05) is 4.47 Å². The van der Waals surface area contributed by atoms with Crippen molar-refractivity contribution in [3.8, 4) is 0 Å². The van der Waals surface area contributed by atoms with Gasteiger partial charge in [-0.05, 0) is 42.8 Å². The average molecular weight is 466 g/mol. The molecule has 0 saturated heterocycles. The topological polar surface area (TPSA) is 71.8 Å². The zero-order valence-corrected chi connectivity index (χ0v) is 16.9. The van der Waals surface area contributed by atoms with E-state index in [1.54, 1.807) is 29.8 Å². The maximum absolute atomic E-state index is 14.1. The Labute approximate surface area is 171 Å². The summed E-state index contributed by atoms with van der Waals surface area (Å²) < 4.78 is 29.8. The Balaban J connectivity index is 1.67. The molecule has 0 spiro atoms. The van der Waals surface area contributed by atoms with E-state index in [9.17, 15) is 13.6 Å². The molecule has 0 radical (unpaired) electrons. The van der Waals surface area contributed by atoms with Gasteiger partial charge < -0.3 is 10.7 Å². The summed E-state index contributed by atoms with van der Waals surface area (Å²) >= 11 is 4.40. The largest absolute Gasteiger partial charge is 0.323 e. The maximum atomic E-state index is 14.1. The Kier molecular flexibility index (Phi) is 5.07. The highest BCUT2D eigenvalue weighted by molar-refractivity contribution is 9.10. The Hall–Kier alpha value is -2.46. The van der Waals surface area contributed by atoms with Crippen LogP contribution in [0.1, 0.15) is 17.4 Å². The summed E-state index contributed by atoms with van der Waals surface area (Å²) in [6.07, 6.45) is 0. The molecule has 0 aliphatic carbocycles. The van der Waals surface area contributed by atoms with Crippen molar-refractivity contribution in [2.24, 2.45) is 0 Å². The van der Waals surface area contributed by atoms with Gasteiger partial charge in [-0.25, -0.2) is 13.5 Å². The summed E-state index contributed by atoms with van der Waals surface area (Å²) in [6, 6.07) is 9.79. The first-order chi connectivity index (χ1) is 13.4. The van der Waals surface area contributed by atoms with Gasteiger partial charge in [0.05, 0.1) is 11.7 Å².